The molecule has 0 aliphatic heterocycles. The van der Waals surface area contributed by atoms with E-state index < -0.39 is 22.0 Å². The molecule has 2 N–H and O–H groups in total. The van der Waals surface area contributed by atoms with Crippen LogP contribution in [0.5, 0.6) is 0 Å². The fraction of sp³-hybridized carbons (Fsp3) is 0.579. The SMILES string of the molecule is CC[C@H](C)[C@H](NC(=O)CCc1ccc(S(=O)(=O)N(CC)CC)cc1)C(=O)O. The maximum absolute atomic E-state index is 12.5. The summed E-state index contributed by atoms with van der Waals surface area (Å²) in [4.78, 5) is 23.6. The number of aryl methyl sites for hydroxylation is 1. The molecule has 0 aliphatic rings. The van der Waals surface area contributed by atoms with Crippen LogP contribution in [0.3, 0.4) is 0 Å². The van der Waals surface area contributed by atoms with Crippen LogP contribution in [0.15, 0.2) is 29.2 Å². The molecule has 0 radical (unpaired) electrons. The highest BCUT2D eigenvalue weighted by molar-refractivity contribution is 7.89. The van der Waals surface area contributed by atoms with Crippen molar-refractivity contribution in [3.05, 3.63) is 29.8 Å². The minimum atomic E-state index is -3.50. The van der Waals surface area contributed by atoms with Crippen LogP contribution in [-0.2, 0) is 26.0 Å². The number of carboxylic acid groups (broad SMARTS) is 1. The summed E-state index contributed by atoms with van der Waals surface area (Å²) in [5.74, 6) is -1.53. The normalized spacial score (nSPS) is 14.0. The van der Waals surface area contributed by atoms with Crippen LogP contribution < -0.4 is 5.32 Å². The third kappa shape index (κ3) is 6.32. The molecule has 27 heavy (non-hydrogen) atoms. The van der Waals surface area contributed by atoms with Gasteiger partial charge in [0.1, 0.15) is 6.04 Å². The monoisotopic (exact) mass is 398 g/mol. The molecule has 7 nitrogen and oxygen atoms in total. The van der Waals surface area contributed by atoms with Crippen molar-refractivity contribution in [1.29, 1.82) is 0 Å². The Morgan fingerprint density at radius 2 is 1.67 bits per heavy atom. The zero-order valence-electron chi connectivity index (χ0n) is 16.4. The molecule has 1 aromatic carbocycles. The molecular weight excluding hydrogens is 368 g/mol. The second kappa shape index (κ2) is 10.4. The van der Waals surface area contributed by atoms with Crippen molar-refractivity contribution in [1.82, 2.24) is 9.62 Å². The summed E-state index contributed by atoms with van der Waals surface area (Å²) in [6.07, 6.45) is 1.20. The largest absolute Gasteiger partial charge is 0.480 e. The Bertz CT molecular complexity index is 727. The third-order valence-corrected chi connectivity index (χ3v) is 6.77. The van der Waals surface area contributed by atoms with E-state index in [1.54, 1.807) is 45.0 Å². The summed E-state index contributed by atoms with van der Waals surface area (Å²) in [6.45, 7) is 8.05. The lowest BCUT2D eigenvalue weighted by Crippen LogP contribution is -2.45. The number of nitrogens with one attached hydrogen (secondary N) is 1. The number of benzene rings is 1. The minimum absolute atomic E-state index is 0.141. The Balaban J connectivity index is 2.71. The van der Waals surface area contributed by atoms with Crippen LogP contribution in [0.2, 0.25) is 0 Å². The molecule has 152 valence electrons. The van der Waals surface area contributed by atoms with Crippen LogP contribution in [0.4, 0.5) is 0 Å². The minimum Gasteiger partial charge on any atom is -0.480 e. The number of hydrogen-bond donors (Lipinski definition) is 2. The Kier molecular flexibility index (Phi) is 8.92. The number of carboxylic acids is 1. The van der Waals surface area contributed by atoms with Crippen LogP contribution in [-0.4, -0.2) is 48.8 Å². The van der Waals surface area contributed by atoms with Crippen molar-refractivity contribution in [2.75, 3.05) is 13.1 Å². The van der Waals surface area contributed by atoms with Crippen LogP contribution in [0.1, 0.15) is 46.1 Å². The van der Waals surface area contributed by atoms with Gasteiger partial charge in [-0.15, -0.1) is 0 Å². The second-order valence-corrected chi connectivity index (χ2v) is 8.44. The van der Waals surface area contributed by atoms with Gasteiger partial charge in [-0.25, -0.2) is 13.2 Å². The van der Waals surface area contributed by atoms with Crippen molar-refractivity contribution >= 4 is 21.9 Å². The number of amides is 1. The van der Waals surface area contributed by atoms with E-state index in [0.29, 0.717) is 25.9 Å². The first-order valence-corrected chi connectivity index (χ1v) is 10.7. The summed E-state index contributed by atoms with van der Waals surface area (Å²) in [7, 11) is -3.50. The second-order valence-electron chi connectivity index (χ2n) is 6.50. The molecule has 1 rings (SSSR count). The molecule has 0 unspecified atom stereocenters. The molecule has 2 atom stereocenters. The molecule has 0 heterocycles. The molecule has 0 aromatic heterocycles. The zero-order chi connectivity index (χ0) is 20.6. The summed E-state index contributed by atoms with van der Waals surface area (Å²) < 4.78 is 26.3. The predicted octanol–water partition coefficient (Wildman–Crippen LogP) is 2.27. The van der Waals surface area contributed by atoms with Gasteiger partial charge in [-0.2, -0.15) is 4.31 Å². The van der Waals surface area contributed by atoms with E-state index in [9.17, 15) is 23.1 Å². The van der Waals surface area contributed by atoms with Gasteiger partial charge in [-0.05, 0) is 30.0 Å². The summed E-state index contributed by atoms with van der Waals surface area (Å²) in [5, 5.41) is 11.8. The fourth-order valence-electron chi connectivity index (χ4n) is 2.73. The van der Waals surface area contributed by atoms with Gasteiger partial charge in [-0.3, -0.25) is 4.79 Å². The molecule has 1 aromatic rings. The first-order valence-electron chi connectivity index (χ1n) is 9.28. The topological polar surface area (TPSA) is 104 Å². The lowest BCUT2D eigenvalue weighted by molar-refractivity contribution is -0.143. The maximum Gasteiger partial charge on any atom is 0.326 e. The summed E-state index contributed by atoms with van der Waals surface area (Å²) >= 11 is 0. The summed E-state index contributed by atoms with van der Waals surface area (Å²) in [5.41, 5.74) is 0.819. The van der Waals surface area contributed by atoms with Gasteiger partial charge >= 0.3 is 5.97 Å². The van der Waals surface area contributed by atoms with E-state index in [4.69, 9.17) is 0 Å². The van der Waals surface area contributed by atoms with Gasteiger partial charge in [-0.1, -0.05) is 46.2 Å². The van der Waals surface area contributed by atoms with Gasteiger partial charge in [0.25, 0.3) is 0 Å². The first kappa shape index (κ1) is 23.1. The number of aliphatic carboxylic acids is 1. The van der Waals surface area contributed by atoms with E-state index in [1.807, 2.05) is 6.92 Å². The van der Waals surface area contributed by atoms with Crippen LogP contribution >= 0.6 is 0 Å². The van der Waals surface area contributed by atoms with E-state index in [0.717, 1.165) is 5.56 Å². The van der Waals surface area contributed by atoms with Crippen LogP contribution in [0, 0.1) is 5.92 Å². The maximum atomic E-state index is 12.5. The van der Waals surface area contributed by atoms with Crippen molar-refractivity contribution < 1.29 is 23.1 Å². The lowest BCUT2D eigenvalue weighted by Gasteiger charge is -2.20. The lowest BCUT2D eigenvalue weighted by atomic mass is 9.99. The number of rotatable bonds is 11. The molecular formula is C19H30N2O5S. The Labute approximate surface area is 161 Å². The zero-order valence-corrected chi connectivity index (χ0v) is 17.3. The Hall–Kier alpha value is -1.93. The molecule has 0 saturated heterocycles. The van der Waals surface area contributed by atoms with Crippen molar-refractivity contribution in [2.24, 2.45) is 5.92 Å². The molecule has 8 heteroatoms. The number of nitrogens with zero attached hydrogens (tertiary/aromatic N) is 1. The van der Waals surface area contributed by atoms with E-state index in [1.165, 1.54) is 4.31 Å². The standard InChI is InChI=1S/C19H30N2O5S/c1-5-14(4)18(19(23)24)20-17(22)13-10-15-8-11-16(12-9-15)27(25,26)21(6-2)7-3/h8-9,11-12,14,18H,5-7,10,13H2,1-4H3,(H,20,22)(H,23,24)/t14-,18-/m0/s1. The number of hydrogen-bond acceptors (Lipinski definition) is 4. The van der Waals surface area contributed by atoms with Gasteiger partial charge in [0.05, 0.1) is 4.90 Å². The number of carbonyl (C=O) groups is 2. The Morgan fingerprint density at radius 1 is 1.11 bits per heavy atom. The third-order valence-electron chi connectivity index (χ3n) is 4.70. The van der Waals surface area contributed by atoms with Crippen LogP contribution in [0.25, 0.3) is 0 Å². The molecule has 1 amide bonds. The van der Waals surface area contributed by atoms with Gasteiger partial charge in [0, 0.05) is 19.5 Å². The van der Waals surface area contributed by atoms with Gasteiger partial charge < -0.3 is 10.4 Å². The van der Waals surface area contributed by atoms with E-state index in [-0.39, 0.29) is 23.1 Å². The molecule has 0 saturated carbocycles. The average Bonchev–Trinajstić information content (AvgIpc) is 2.64. The Morgan fingerprint density at radius 3 is 2.11 bits per heavy atom. The average molecular weight is 399 g/mol. The highest BCUT2D eigenvalue weighted by atomic mass is 32.2. The smallest absolute Gasteiger partial charge is 0.326 e. The first-order chi connectivity index (χ1) is 12.7. The highest BCUT2D eigenvalue weighted by Gasteiger charge is 2.25. The summed E-state index contributed by atoms with van der Waals surface area (Å²) in [6, 6.07) is 5.56. The van der Waals surface area contributed by atoms with Gasteiger partial charge in [0.15, 0.2) is 0 Å². The van der Waals surface area contributed by atoms with Crippen molar-refractivity contribution in [3.63, 3.8) is 0 Å². The van der Waals surface area contributed by atoms with E-state index in [2.05, 4.69) is 5.32 Å². The highest BCUT2D eigenvalue weighted by Crippen LogP contribution is 2.17. The van der Waals surface area contributed by atoms with Gasteiger partial charge in [0.2, 0.25) is 15.9 Å². The number of carbonyl (C=O) groups excluding carboxylic acids is 1. The molecule has 0 bridgehead atoms. The predicted molar refractivity (Wildman–Crippen MR) is 104 cm³/mol. The van der Waals surface area contributed by atoms with E-state index >= 15 is 0 Å². The quantitative estimate of drug-likeness (QED) is 0.595. The number of sulfonamides is 1. The molecule has 0 fully saturated rings. The van der Waals surface area contributed by atoms with Crippen molar-refractivity contribution in [2.45, 2.75) is 57.9 Å². The molecule has 0 spiro atoms. The molecule has 0 aliphatic carbocycles. The van der Waals surface area contributed by atoms with Crippen molar-refractivity contribution in [3.8, 4) is 0 Å². The fourth-order valence-corrected chi connectivity index (χ4v) is 4.19.